The number of nitrogens with zero attached hydrogens (tertiary/aromatic N) is 1. The molecule has 0 spiro atoms. The summed E-state index contributed by atoms with van der Waals surface area (Å²) in [5, 5.41) is 0.503. The third-order valence-corrected chi connectivity index (χ3v) is 9.31. The van der Waals surface area contributed by atoms with Crippen molar-refractivity contribution in [2.24, 2.45) is 29.1 Å². The van der Waals surface area contributed by atoms with Crippen molar-refractivity contribution in [3.8, 4) is 0 Å². The van der Waals surface area contributed by atoms with Gasteiger partial charge in [-0.15, -0.1) is 0 Å². The molecule has 0 radical (unpaired) electrons. The van der Waals surface area contributed by atoms with Crippen LogP contribution in [0.3, 0.4) is 0 Å². The first-order chi connectivity index (χ1) is 17.2. The van der Waals surface area contributed by atoms with E-state index >= 15 is 0 Å². The summed E-state index contributed by atoms with van der Waals surface area (Å²) in [4.78, 5) is 56.5. The zero-order valence-corrected chi connectivity index (χ0v) is 21.0. The molecule has 3 atom stereocenters. The third-order valence-electron chi connectivity index (χ3n) is 9.06. The highest BCUT2D eigenvalue weighted by atomic mass is 35.5. The number of rotatable bonds is 4. The van der Waals surface area contributed by atoms with E-state index in [0.29, 0.717) is 28.3 Å². The van der Waals surface area contributed by atoms with Gasteiger partial charge in [-0.25, -0.2) is 4.79 Å². The minimum absolute atomic E-state index is 0.208. The molecule has 2 heterocycles. The van der Waals surface area contributed by atoms with Gasteiger partial charge in [0.2, 0.25) is 17.4 Å². The minimum atomic E-state index is -2.18. The number of methoxy groups -OCH3 is 2. The van der Waals surface area contributed by atoms with E-state index in [-0.39, 0.29) is 5.76 Å². The van der Waals surface area contributed by atoms with E-state index in [9.17, 15) is 19.2 Å². The summed E-state index contributed by atoms with van der Waals surface area (Å²) in [5.74, 6) is -2.75. The van der Waals surface area contributed by atoms with E-state index in [1.165, 1.54) is 11.0 Å². The Balaban J connectivity index is 1.51. The van der Waals surface area contributed by atoms with Gasteiger partial charge in [0.05, 0.1) is 25.7 Å². The average Bonchev–Trinajstić information content (AvgIpc) is 3.09. The highest BCUT2D eigenvalue weighted by Crippen LogP contribution is 2.61. The Bertz CT molecular complexity index is 1160. The SMILES string of the molecule is COC(=O)[C@H]1OC(c2ccc(Cl)cc2)=C[C@H]2C(=O)N(C34CC5CC(CC(C5)C3)C4)C(=O)[C@@]12C(=O)OC. The molecule has 8 nitrogen and oxygen atoms in total. The summed E-state index contributed by atoms with van der Waals surface area (Å²) in [6.07, 6.45) is 5.38. The number of benzene rings is 1. The summed E-state index contributed by atoms with van der Waals surface area (Å²) in [6.45, 7) is 0. The summed E-state index contributed by atoms with van der Waals surface area (Å²) in [7, 11) is 2.30. The smallest absolute Gasteiger partial charge is 0.348 e. The summed E-state index contributed by atoms with van der Waals surface area (Å²) in [5.41, 5.74) is -2.27. The molecule has 2 amide bonds. The van der Waals surface area contributed by atoms with E-state index < -0.39 is 46.7 Å². The van der Waals surface area contributed by atoms with Crippen LogP contribution in [0.5, 0.6) is 0 Å². The lowest BCUT2D eigenvalue weighted by atomic mass is 9.52. The molecule has 1 saturated heterocycles. The molecule has 0 N–H and O–H groups in total. The van der Waals surface area contributed by atoms with Gasteiger partial charge in [-0.2, -0.15) is 0 Å². The summed E-state index contributed by atoms with van der Waals surface area (Å²) in [6, 6.07) is 6.68. The van der Waals surface area contributed by atoms with Gasteiger partial charge in [0.15, 0.2) is 0 Å². The van der Waals surface area contributed by atoms with E-state index in [1.54, 1.807) is 24.3 Å². The van der Waals surface area contributed by atoms with Crippen molar-refractivity contribution < 1.29 is 33.4 Å². The van der Waals surface area contributed by atoms with Crippen molar-refractivity contribution in [3.05, 3.63) is 40.9 Å². The molecule has 0 unspecified atom stereocenters. The third kappa shape index (κ3) is 3.06. The molecule has 2 aliphatic heterocycles. The number of halogens is 1. The predicted octanol–water partition coefficient (Wildman–Crippen LogP) is 3.37. The van der Waals surface area contributed by atoms with Crippen molar-refractivity contribution >= 4 is 41.1 Å². The van der Waals surface area contributed by atoms with Crippen molar-refractivity contribution in [2.75, 3.05) is 14.2 Å². The number of imide groups is 1. The van der Waals surface area contributed by atoms with Gasteiger partial charge in [-0.3, -0.25) is 19.3 Å². The largest absolute Gasteiger partial charge is 0.477 e. The minimum Gasteiger partial charge on any atom is -0.477 e. The van der Waals surface area contributed by atoms with Gasteiger partial charge in [0.25, 0.3) is 5.91 Å². The molecule has 4 saturated carbocycles. The molecule has 9 heteroatoms. The molecule has 5 fully saturated rings. The second kappa shape index (κ2) is 8.07. The van der Waals surface area contributed by atoms with Gasteiger partial charge in [0, 0.05) is 10.6 Å². The average molecular weight is 514 g/mol. The molecule has 6 aliphatic rings. The summed E-state index contributed by atoms with van der Waals surface area (Å²) >= 11 is 6.03. The zero-order valence-electron chi connectivity index (χ0n) is 20.2. The fraction of sp³-hybridized carbons (Fsp3) is 0.556. The van der Waals surface area contributed by atoms with Gasteiger partial charge in [-0.05, 0) is 86.6 Å². The fourth-order valence-corrected chi connectivity index (χ4v) is 8.16. The second-order valence-corrected chi connectivity index (χ2v) is 11.5. The number of hydrogen-bond donors (Lipinski definition) is 0. The van der Waals surface area contributed by atoms with E-state index in [0.717, 1.165) is 52.7 Å². The van der Waals surface area contributed by atoms with E-state index in [4.69, 9.17) is 25.8 Å². The van der Waals surface area contributed by atoms with Gasteiger partial charge < -0.3 is 14.2 Å². The number of amides is 2. The van der Waals surface area contributed by atoms with Crippen molar-refractivity contribution in [3.63, 3.8) is 0 Å². The Kier molecular flexibility index (Phi) is 5.27. The summed E-state index contributed by atoms with van der Waals surface area (Å²) < 4.78 is 16.1. The number of likely N-dealkylation sites (tertiary alicyclic amines) is 1. The molecule has 1 aromatic carbocycles. The molecular weight excluding hydrogens is 486 g/mol. The number of esters is 2. The maximum absolute atomic E-state index is 14.4. The highest BCUT2D eigenvalue weighted by Gasteiger charge is 2.76. The standard InChI is InChI=1S/C27H28ClNO7/c1-34-23(31)21-27(25(33)35-2)19(10-20(36-21)17-3-5-18(28)6-4-17)22(30)29(24(27)32)26-11-14-7-15(12-26)9-16(8-14)13-26/h3-6,10,14-16,19,21H,7-9,11-13H2,1-2H3/t14?,15?,16?,19-,21+,26?,27-/m0/s1. The molecule has 4 aliphatic carbocycles. The Morgan fingerprint density at radius 3 is 2.08 bits per heavy atom. The van der Waals surface area contributed by atoms with Crippen LogP contribution in [0.15, 0.2) is 30.3 Å². The molecule has 0 aromatic heterocycles. The molecule has 190 valence electrons. The van der Waals surface area contributed by atoms with Crippen LogP contribution in [0, 0.1) is 29.1 Å². The first-order valence-electron chi connectivity index (χ1n) is 12.4. The number of ether oxygens (including phenoxy) is 3. The van der Waals surface area contributed by atoms with Gasteiger partial charge >= 0.3 is 11.9 Å². The molecule has 1 aromatic rings. The van der Waals surface area contributed by atoms with Crippen LogP contribution < -0.4 is 0 Å². The maximum atomic E-state index is 14.4. The van der Waals surface area contributed by atoms with Crippen LogP contribution in [0.1, 0.15) is 44.1 Å². The van der Waals surface area contributed by atoms with Crippen molar-refractivity contribution in [2.45, 2.75) is 50.2 Å². The van der Waals surface area contributed by atoms with Crippen LogP contribution in [0.2, 0.25) is 5.02 Å². The van der Waals surface area contributed by atoms with Crippen LogP contribution in [0.25, 0.3) is 5.76 Å². The predicted molar refractivity (Wildman–Crippen MR) is 127 cm³/mol. The quantitative estimate of drug-likeness (QED) is 0.346. The lowest BCUT2D eigenvalue weighted by Crippen LogP contribution is -2.64. The number of fused-ring (bicyclic) bond motifs is 1. The van der Waals surface area contributed by atoms with Crippen molar-refractivity contribution in [1.82, 2.24) is 4.90 Å². The fourth-order valence-electron chi connectivity index (χ4n) is 8.04. The van der Waals surface area contributed by atoms with Gasteiger partial charge in [-0.1, -0.05) is 11.6 Å². The first kappa shape index (κ1) is 23.5. The lowest BCUT2D eigenvalue weighted by Gasteiger charge is -2.59. The maximum Gasteiger partial charge on any atom is 0.348 e. The normalized spacial score (nSPS) is 38.4. The first-order valence-corrected chi connectivity index (χ1v) is 12.8. The highest BCUT2D eigenvalue weighted by molar-refractivity contribution is 6.30. The zero-order chi connectivity index (χ0) is 25.4. The molecular formula is C27H28ClNO7. The Labute approximate surface area is 213 Å². The van der Waals surface area contributed by atoms with Crippen molar-refractivity contribution in [1.29, 1.82) is 0 Å². The lowest BCUT2D eigenvalue weighted by molar-refractivity contribution is -0.183. The number of carbonyl (C=O) groups excluding carboxylic acids is 4. The topological polar surface area (TPSA) is 99.2 Å². The monoisotopic (exact) mass is 513 g/mol. The van der Waals surface area contributed by atoms with Crippen LogP contribution in [-0.4, -0.2) is 54.5 Å². The van der Waals surface area contributed by atoms with E-state index in [1.807, 2.05) is 0 Å². The van der Waals surface area contributed by atoms with Gasteiger partial charge in [0.1, 0.15) is 5.76 Å². The Hall–Kier alpha value is -2.87. The number of hydrogen-bond acceptors (Lipinski definition) is 7. The van der Waals surface area contributed by atoms with E-state index in [2.05, 4.69) is 0 Å². The number of carbonyl (C=O) groups is 4. The molecule has 4 bridgehead atoms. The Morgan fingerprint density at radius 2 is 1.56 bits per heavy atom. The second-order valence-electron chi connectivity index (χ2n) is 11.0. The van der Waals surface area contributed by atoms with Crippen LogP contribution in [0.4, 0.5) is 0 Å². The molecule has 36 heavy (non-hydrogen) atoms. The molecule has 7 rings (SSSR count). The Morgan fingerprint density at radius 1 is 0.972 bits per heavy atom. The van der Waals surface area contributed by atoms with Crippen LogP contribution >= 0.6 is 11.6 Å². The van der Waals surface area contributed by atoms with Crippen LogP contribution in [-0.2, 0) is 33.4 Å².